The van der Waals surface area contributed by atoms with Crippen molar-refractivity contribution in [3.05, 3.63) is 59.6 Å². The van der Waals surface area contributed by atoms with Gasteiger partial charge in [0.1, 0.15) is 6.33 Å². The first kappa shape index (κ1) is 12.6. The van der Waals surface area contributed by atoms with Crippen LogP contribution in [0.15, 0.2) is 48.9 Å². The van der Waals surface area contributed by atoms with Gasteiger partial charge in [-0.1, -0.05) is 17.7 Å². The Hall–Kier alpha value is -2.47. The van der Waals surface area contributed by atoms with E-state index in [1.54, 1.807) is 16.9 Å². The first-order valence-electron chi connectivity index (χ1n) is 5.99. The van der Waals surface area contributed by atoms with Gasteiger partial charge in [-0.15, -0.1) is 5.10 Å². The zero-order chi connectivity index (χ0) is 13.8. The molecule has 2 heterocycles. The normalized spacial score (nSPS) is 10.4. The lowest BCUT2D eigenvalue weighted by atomic mass is 10.2. The van der Waals surface area contributed by atoms with Crippen LogP contribution in [0, 0.1) is 0 Å². The molecular weight excluding hydrogens is 276 g/mol. The highest BCUT2D eigenvalue weighted by Gasteiger charge is 2.04. The summed E-state index contributed by atoms with van der Waals surface area (Å²) in [4.78, 5) is 4.25. The fourth-order valence-corrected chi connectivity index (χ4v) is 1.94. The molecule has 20 heavy (non-hydrogen) atoms. The zero-order valence-corrected chi connectivity index (χ0v) is 11.2. The number of benzene rings is 1. The van der Waals surface area contributed by atoms with Crippen molar-refractivity contribution in [3.63, 3.8) is 0 Å². The van der Waals surface area contributed by atoms with Crippen LogP contribution in [0.4, 0.5) is 5.69 Å². The maximum absolute atomic E-state index is 6.18. The predicted molar refractivity (Wildman–Crippen MR) is 75.7 cm³/mol. The minimum atomic E-state index is 0.597. The summed E-state index contributed by atoms with van der Waals surface area (Å²) in [5.74, 6) is 0. The molecule has 0 saturated carbocycles. The quantitative estimate of drug-likeness (QED) is 0.797. The molecule has 2 aromatic heterocycles. The van der Waals surface area contributed by atoms with E-state index >= 15 is 0 Å². The molecular formula is C13H11ClN6. The molecule has 0 saturated heterocycles. The van der Waals surface area contributed by atoms with Crippen LogP contribution in [-0.4, -0.2) is 25.2 Å². The topological polar surface area (TPSA) is 68.5 Å². The number of nitrogens with zero attached hydrogens (tertiary/aromatic N) is 5. The molecule has 3 rings (SSSR count). The predicted octanol–water partition coefficient (Wildman–Crippen LogP) is 2.32. The summed E-state index contributed by atoms with van der Waals surface area (Å²) in [5, 5.41) is 15.0. The Morgan fingerprint density at radius 3 is 2.90 bits per heavy atom. The van der Waals surface area contributed by atoms with Crippen LogP contribution in [0.2, 0.25) is 5.02 Å². The minimum absolute atomic E-state index is 0.597. The SMILES string of the molecule is Clc1ccc(-n2cnnn2)cc1NCc1ccccn1. The standard InChI is InChI=1S/C13H11ClN6/c14-12-5-4-11(20-9-17-18-19-20)7-13(12)16-8-10-3-1-2-6-15-10/h1-7,9,16H,8H2. The average Bonchev–Trinajstić information content (AvgIpc) is 3.02. The van der Waals surface area contributed by atoms with Gasteiger partial charge in [-0.2, -0.15) is 0 Å². The lowest BCUT2D eigenvalue weighted by Gasteiger charge is -2.09. The van der Waals surface area contributed by atoms with E-state index in [0.29, 0.717) is 11.6 Å². The highest BCUT2D eigenvalue weighted by atomic mass is 35.5. The number of tetrazole rings is 1. The third-order valence-corrected chi connectivity index (χ3v) is 3.08. The average molecular weight is 287 g/mol. The molecule has 0 radical (unpaired) electrons. The second-order valence-corrected chi connectivity index (χ2v) is 4.50. The van der Waals surface area contributed by atoms with E-state index in [-0.39, 0.29) is 0 Å². The molecule has 100 valence electrons. The molecule has 0 atom stereocenters. The fraction of sp³-hybridized carbons (Fsp3) is 0.0769. The zero-order valence-electron chi connectivity index (χ0n) is 10.4. The Morgan fingerprint density at radius 1 is 1.20 bits per heavy atom. The van der Waals surface area contributed by atoms with Crippen LogP contribution in [0.5, 0.6) is 0 Å². The van der Waals surface area contributed by atoms with Gasteiger partial charge in [0.2, 0.25) is 0 Å². The summed E-state index contributed by atoms with van der Waals surface area (Å²) >= 11 is 6.18. The van der Waals surface area contributed by atoms with Crippen LogP contribution in [-0.2, 0) is 6.54 Å². The van der Waals surface area contributed by atoms with Gasteiger partial charge in [0, 0.05) is 6.20 Å². The summed E-state index contributed by atoms with van der Waals surface area (Å²) in [6.45, 7) is 0.597. The van der Waals surface area contributed by atoms with Crippen molar-refractivity contribution in [1.29, 1.82) is 0 Å². The highest BCUT2D eigenvalue weighted by molar-refractivity contribution is 6.33. The fourth-order valence-electron chi connectivity index (χ4n) is 1.76. The van der Waals surface area contributed by atoms with E-state index in [1.165, 1.54) is 6.33 Å². The van der Waals surface area contributed by atoms with E-state index in [9.17, 15) is 0 Å². The van der Waals surface area contributed by atoms with Gasteiger partial charge in [0.05, 0.1) is 28.6 Å². The van der Waals surface area contributed by atoms with Crippen LogP contribution in [0.3, 0.4) is 0 Å². The summed E-state index contributed by atoms with van der Waals surface area (Å²) in [7, 11) is 0. The van der Waals surface area contributed by atoms with Crippen molar-refractivity contribution in [2.24, 2.45) is 0 Å². The molecule has 0 aliphatic rings. The molecule has 0 amide bonds. The molecule has 3 aromatic rings. The number of halogens is 1. The monoisotopic (exact) mass is 286 g/mol. The van der Waals surface area contributed by atoms with Crippen LogP contribution in [0.1, 0.15) is 5.69 Å². The second-order valence-electron chi connectivity index (χ2n) is 4.09. The van der Waals surface area contributed by atoms with Gasteiger partial charge in [0.15, 0.2) is 0 Å². The third kappa shape index (κ3) is 2.75. The van der Waals surface area contributed by atoms with Gasteiger partial charge >= 0.3 is 0 Å². The molecule has 1 N–H and O–H groups in total. The van der Waals surface area contributed by atoms with Gasteiger partial charge in [-0.05, 0) is 40.8 Å². The lowest BCUT2D eigenvalue weighted by Crippen LogP contribution is -2.03. The Morgan fingerprint density at radius 2 is 2.15 bits per heavy atom. The van der Waals surface area contributed by atoms with Crippen LogP contribution >= 0.6 is 11.6 Å². The van der Waals surface area contributed by atoms with Crippen molar-refractivity contribution in [1.82, 2.24) is 25.2 Å². The Bertz CT molecular complexity index is 683. The smallest absolute Gasteiger partial charge is 0.143 e. The van der Waals surface area contributed by atoms with E-state index in [4.69, 9.17) is 11.6 Å². The van der Waals surface area contributed by atoms with E-state index < -0.39 is 0 Å². The Kier molecular flexibility index (Phi) is 3.56. The van der Waals surface area contributed by atoms with Gasteiger partial charge in [0.25, 0.3) is 0 Å². The number of aromatic nitrogens is 5. The Labute approximate surface area is 120 Å². The molecule has 0 unspecified atom stereocenters. The highest BCUT2D eigenvalue weighted by Crippen LogP contribution is 2.24. The van der Waals surface area contributed by atoms with E-state index in [2.05, 4.69) is 25.8 Å². The van der Waals surface area contributed by atoms with Crippen LogP contribution < -0.4 is 5.32 Å². The second kappa shape index (κ2) is 5.66. The van der Waals surface area contributed by atoms with E-state index in [0.717, 1.165) is 17.1 Å². The number of rotatable bonds is 4. The molecule has 6 nitrogen and oxygen atoms in total. The van der Waals surface area contributed by atoms with Crippen molar-refractivity contribution in [3.8, 4) is 5.69 Å². The first-order valence-corrected chi connectivity index (χ1v) is 6.37. The molecule has 7 heteroatoms. The molecule has 0 fully saturated rings. The third-order valence-electron chi connectivity index (χ3n) is 2.75. The molecule has 1 aromatic carbocycles. The van der Waals surface area contributed by atoms with Gasteiger partial charge in [-0.25, -0.2) is 4.68 Å². The maximum atomic E-state index is 6.18. The first-order chi connectivity index (χ1) is 9.83. The van der Waals surface area contributed by atoms with Gasteiger partial charge in [-0.3, -0.25) is 4.98 Å². The number of anilines is 1. The molecule has 0 aliphatic heterocycles. The van der Waals surface area contributed by atoms with E-state index in [1.807, 2.05) is 30.3 Å². The summed E-state index contributed by atoms with van der Waals surface area (Å²) in [6.07, 6.45) is 3.29. The molecule has 0 bridgehead atoms. The van der Waals surface area contributed by atoms with Crippen molar-refractivity contribution >= 4 is 17.3 Å². The largest absolute Gasteiger partial charge is 0.378 e. The molecule has 0 spiro atoms. The minimum Gasteiger partial charge on any atom is -0.378 e. The summed E-state index contributed by atoms with van der Waals surface area (Å²) in [5.41, 5.74) is 2.59. The van der Waals surface area contributed by atoms with Crippen molar-refractivity contribution < 1.29 is 0 Å². The summed E-state index contributed by atoms with van der Waals surface area (Å²) in [6, 6.07) is 11.3. The number of pyridine rings is 1. The summed E-state index contributed by atoms with van der Waals surface area (Å²) < 4.78 is 1.57. The number of nitrogens with one attached hydrogen (secondary N) is 1. The van der Waals surface area contributed by atoms with Crippen molar-refractivity contribution in [2.45, 2.75) is 6.54 Å². The van der Waals surface area contributed by atoms with Crippen LogP contribution in [0.25, 0.3) is 5.69 Å². The molecule has 0 aliphatic carbocycles. The number of hydrogen-bond donors (Lipinski definition) is 1. The van der Waals surface area contributed by atoms with Crippen molar-refractivity contribution in [2.75, 3.05) is 5.32 Å². The maximum Gasteiger partial charge on any atom is 0.143 e. The van der Waals surface area contributed by atoms with Gasteiger partial charge < -0.3 is 5.32 Å². The number of hydrogen-bond acceptors (Lipinski definition) is 5. The lowest BCUT2D eigenvalue weighted by molar-refractivity contribution is 0.789. The Balaban J connectivity index is 1.80.